The zero-order valence-corrected chi connectivity index (χ0v) is 12.9. The molecule has 126 valence electrons. The van der Waals surface area contributed by atoms with Crippen molar-refractivity contribution in [1.82, 2.24) is 15.1 Å². The average Bonchev–Trinajstić information content (AvgIpc) is 3.16. The topological polar surface area (TPSA) is 69.2 Å². The number of nitrogens with zero attached hydrogens (tertiary/aromatic N) is 2. The van der Waals surface area contributed by atoms with Crippen LogP contribution in [-0.4, -0.2) is 38.8 Å². The van der Waals surface area contributed by atoms with Gasteiger partial charge in [-0.3, -0.25) is 9.89 Å². The Hall–Kier alpha value is -2.28. The second kappa shape index (κ2) is 5.66. The molecule has 0 unspecified atom stereocenters. The van der Waals surface area contributed by atoms with E-state index in [0.717, 1.165) is 30.7 Å². The van der Waals surface area contributed by atoms with Crippen molar-refractivity contribution >= 4 is 5.91 Å². The van der Waals surface area contributed by atoms with E-state index in [0.29, 0.717) is 17.2 Å². The first-order valence-corrected chi connectivity index (χ1v) is 8.02. The van der Waals surface area contributed by atoms with Gasteiger partial charge in [0.2, 0.25) is 0 Å². The number of hydrogen-bond donors (Lipinski definition) is 2. The molecule has 7 heteroatoms. The number of aliphatic hydroxyl groups excluding tert-OH is 1. The minimum absolute atomic E-state index is 0.147. The molecule has 1 saturated heterocycles. The maximum absolute atomic E-state index is 13.5. The molecule has 2 N–H and O–H groups in total. The number of carbonyl (C=O) groups is 1. The van der Waals surface area contributed by atoms with Crippen LogP contribution in [0.4, 0.5) is 8.78 Å². The van der Waals surface area contributed by atoms with E-state index in [4.69, 9.17) is 0 Å². The highest BCUT2D eigenvalue weighted by Gasteiger charge is 2.37. The van der Waals surface area contributed by atoms with Crippen LogP contribution in [0.5, 0.6) is 0 Å². The third-order valence-electron chi connectivity index (χ3n) is 4.70. The molecule has 4 rings (SSSR count). The number of aliphatic hydroxyl groups is 1. The fourth-order valence-corrected chi connectivity index (χ4v) is 3.27. The third-order valence-corrected chi connectivity index (χ3v) is 4.70. The summed E-state index contributed by atoms with van der Waals surface area (Å²) in [5.41, 5.74) is 1.71. The first kappa shape index (κ1) is 15.3. The Bertz CT molecular complexity index is 788. The number of aromatic amines is 1. The number of halogens is 2. The monoisotopic (exact) mass is 333 g/mol. The smallest absolute Gasteiger partial charge is 0.274 e. The molecule has 2 aliphatic rings. The summed E-state index contributed by atoms with van der Waals surface area (Å²) in [6.07, 6.45) is 1.77. The second-order valence-corrected chi connectivity index (χ2v) is 6.52. The second-order valence-electron chi connectivity index (χ2n) is 6.52. The van der Waals surface area contributed by atoms with Gasteiger partial charge in [0.15, 0.2) is 11.6 Å². The summed E-state index contributed by atoms with van der Waals surface area (Å²) in [7, 11) is 0. The zero-order valence-electron chi connectivity index (χ0n) is 12.9. The number of H-pyrrole nitrogens is 1. The number of hydrogen-bond acceptors (Lipinski definition) is 3. The standard InChI is InChI=1S/C17H17F2N3O2/c18-12-4-3-10(5-13(12)19)16-6-11(23)8-22(16)17(24)15-7-14(20-21-15)9-1-2-9/h3-5,7,9,11,16,23H,1-2,6,8H2,(H,20,21)/t11-,16-/m1/s1. The van der Waals surface area contributed by atoms with Crippen LogP contribution in [0.25, 0.3) is 0 Å². The Kier molecular flexibility index (Phi) is 3.60. The first-order valence-electron chi connectivity index (χ1n) is 8.02. The van der Waals surface area contributed by atoms with E-state index >= 15 is 0 Å². The highest BCUT2D eigenvalue weighted by Crippen LogP contribution is 2.39. The molecule has 1 amide bonds. The molecule has 0 bridgehead atoms. The van der Waals surface area contributed by atoms with Crippen LogP contribution >= 0.6 is 0 Å². The lowest BCUT2D eigenvalue weighted by Gasteiger charge is -2.24. The van der Waals surface area contributed by atoms with Gasteiger partial charge < -0.3 is 10.0 Å². The lowest BCUT2D eigenvalue weighted by molar-refractivity contribution is 0.0709. The summed E-state index contributed by atoms with van der Waals surface area (Å²) in [5.74, 6) is -1.76. The maximum Gasteiger partial charge on any atom is 0.274 e. The van der Waals surface area contributed by atoms with Crippen LogP contribution in [0.2, 0.25) is 0 Å². The van der Waals surface area contributed by atoms with Gasteiger partial charge in [0, 0.05) is 18.2 Å². The molecule has 0 radical (unpaired) electrons. The summed E-state index contributed by atoms with van der Waals surface area (Å²) in [6, 6.07) is 4.81. The van der Waals surface area contributed by atoms with E-state index in [1.807, 2.05) is 0 Å². The first-order chi connectivity index (χ1) is 11.5. The van der Waals surface area contributed by atoms with Crippen LogP contribution in [0.15, 0.2) is 24.3 Å². The molecule has 1 aromatic carbocycles. The predicted molar refractivity (Wildman–Crippen MR) is 81.3 cm³/mol. The minimum Gasteiger partial charge on any atom is -0.391 e. The third kappa shape index (κ3) is 2.69. The summed E-state index contributed by atoms with van der Waals surface area (Å²) in [4.78, 5) is 14.2. The molecule has 5 nitrogen and oxygen atoms in total. The number of likely N-dealkylation sites (tertiary alicyclic amines) is 1. The molecule has 24 heavy (non-hydrogen) atoms. The van der Waals surface area contributed by atoms with E-state index in [2.05, 4.69) is 10.2 Å². The quantitative estimate of drug-likeness (QED) is 0.907. The SMILES string of the molecule is O=C(c1cc(C2CC2)[nH]n1)N1C[C@H](O)C[C@@H]1c1ccc(F)c(F)c1. The lowest BCUT2D eigenvalue weighted by atomic mass is 10.0. The van der Waals surface area contributed by atoms with Gasteiger partial charge >= 0.3 is 0 Å². The van der Waals surface area contributed by atoms with E-state index in [9.17, 15) is 18.7 Å². The maximum atomic E-state index is 13.5. The summed E-state index contributed by atoms with van der Waals surface area (Å²) < 4.78 is 26.7. The Labute approximate surface area is 137 Å². The van der Waals surface area contributed by atoms with Crippen molar-refractivity contribution in [3.8, 4) is 0 Å². The number of nitrogens with one attached hydrogen (secondary N) is 1. The molecular formula is C17H17F2N3O2. The normalized spacial score (nSPS) is 23.7. The lowest BCUT2D eigenvalue weighted by Crippen LogP contribution is -2.32. The van der Waals surface area contributed by atoms with Gasteiger partial charge in [0.1, 0.15) is 5.69 Å². The van der Waals surface area contributed by atoms with Gasteiger partial charge in [0.25, 0.3) is 5.91 Å². The average molecular weight is 333 g/mol. The Morgan fingerprint density at radius 2 is 2.04 bits per heavy atom. The molecule has 1 aliphatic carbocycles. The van der Waals surface area contributed by atoms with Gasteiger partial charge in [-0.15, -0.1) is 0 Å². The Balaban J connectivity index is 1.61. The van der Waals surface area contributed by atoms with Gasteiger partial charge in [-0.05, 0) is 43.0 Å². The highest BCUT2D eigenvalue weighted by molar-refractivity contribution is 5.93. The van der Waals surface area contributed by atoms with E-state index in [1.54, 1.807) is 6.07 Å². The van der Waals surface area contributed by atoms with E-state index in [1.165, 1.54) is 11.0 Å². The van der Waals surface area contributed by atoms with Crippen LogP contribution in [-0.2, 0) is 0 Å². The van der Waals surface area contributed by atoms with E-state index < -0.39 is 23.8 Å². The molecule has 1 aromatic heterocycles. The summed E-state index contributed by atoms with van der Waals surface area (Å²) in [6.45, 7) is 0.147. The molecule has 2 fully saturated rings. The highest BCUT2D eigenvalue weighted by atomic mass is 19.2. The summed E-state index contributed by atoms with van der Waals surface area (Å²) in [5, 5.41) is 16.9. The number of amides is 1. The van der Waals surface area contributed by atoms with Crippen LogP contribution < -0.4 is 0 Å². The van der Waals surface area contributed by atoms with Crippen LogP contribution in [0.3, 0.4) is 0 Å². The van der Waals surface area contributed by atoms with Crippen LogP contribution in [0.1, 0.15) is 53.0 Å². The minimum atomic E-state index is -0.961. The zero-order chi connectivity index (χ0) is 16.8. The summed E-state index contributed by atoms with van der Waals surface area (Å²) >= 11 is 0. The Morgan fingerprint density at radius 1 is 1.25 bits per heavy atom. The number of benzene rings is 1. The largest absolute Gasteiger partial charge is 0.391 e. The number of β-amino-alcohol motifs (C(OH)–C–C–N with tert-alkyl or cyclic N) is 1. The van der Waals surface area contributed by atoms with Gasteiger partial charge in [-0.2, -0.15) is 5.10 Å². The van der Waals surface area contributed by atoms with Crippen molar-refractivity contribution in [3.63, 3.8) is 0 Å². The number of carbonyl (C=O) groups excluding carboxylic acids is 1. The molecule has 2 atom stereocenters. The number of rotatable bonds is 3. The van der Waals surface area contributed by atoms with Crippen molar-refractivity contribution in [2.45, 2.75) is 37.3 Å². The van der Waals surface area contributed by atoms with Crippen molar-refractivity contribution in [1.29, 1.82) is 0 Å². The fourth-order valence-electron chi connectivity index (χ4n) is 3.27. The van der Waals surface area contributed by atoms with Crippen molar-refractivity contribution < 1.29 is 18.7 Å². The predicted octanol–water partition coefficient (Wildman–Crippen LogP) is 2.51. The molecule has 0 spiro atoms. The van der Waals surface area contributed by atoms with Crippen molar-refractivity contribution in [2.24, 2.45) is 0 Å². The molecule has 1 saturated carbocycles. The molecule has 2 aromatic rings. The molecular weight excluding hydrogens is 316 g/mol. The van der Waals surface area contributed by atoms with Gasteiger partial charge in [-0.1, -0.05) is 6.07 Å². The van der Waals surface area contributed by atoms with Crippen molar-refractivity contribution in [3.05, 3.63) is 52.9 Å². The number of aromatic nitrogens is 2. The van der Waals surface area contributed by atoms with E-state index in [-0.39, 0.29) is 18.9 Å². The molecule has 2 heterocycles. The Morgan fingerprint density at radius 3 is 2.75 bits per heavy atom. The molecule has 1 aliphatic heterocycles. The fraction of sp³-hybridized carbons (Fsp3) is 0.412. The van der Waals surface area contributed by atoms with Gasteiger partial charge in [-0.25, -0.2) is 8.78 Å². The van der Waals surface area contributed by atoms with Crippen LogP contribution in [0, 0.1) is 11.6 Å². The van der Waals surface area contributed by atoms with Crippen molar-refractivity contribution in [2.75, 3.05) is 6.54 Å². The van der Waals surface area contributed by atoms with Gasteiger partial charge in [0.05, 0.1) is 12.1 Å².